The van der Waals surface area contributed by atoms with Crippen LogP contribution in [0.5, 0.6) is 5.75 Å². The van der Waals surface area contributed by atoms with Crippen LogP contribution < -0.4 is 15.4 Å². The van der Waals surface area contributed by atoms with Crippen LogP contribution in [-0.4, -0.2) is 22.5 Å². The fourth-order valence-electron chi connectivity index (χ4n) is 3.09. The van der Waals surface area contributed by atoms with Gasteiger partial charge in [0.1, 0.15) is 11.4 Å². The van der Waals surface area contributed by atoms with Crippen molar-refractivity contribution in [1.82, 2.24) is 9.97 Å². The summed E-state index contributed by atoms with van der Waals surface area (Å²) in [5.41, 5.74) is 4.70. The molecule has 29 heavy (non-hydrogen) atoms. The molecule has 6 nitrogen and oxygen atoms in total. The van der Waals surface area contributed by atoms with Gasteiger partial charge in [0.15, 0.2) is 0 Å². The van der Waals surface area contributed by atoms with Crippen LogP contribution in [0.15, 0.2) is 48.5 Å². The first-order valence-corrected chi connectivity index (χ1v) is 9.76. The van der Waals surface area contributed by atoms with Gasteiger partial charge in [0, 0.05) is 11.4 Å². The summed E-state index contributed by atoms with van der Waals surface area (Å²) in [6, 6.07) is 15.2. The van der Waals surface area contributed by atoms with Crippen molar-refractivity contribution in [3.63, 3.8) is 0 Å². The van der Waals surface area contributed by atoms with E-state index < -0.39 is 0 Å². The summed E-state index contributed by atoms with van der Waals surface area (Å²) in [6.45, 7) is 8.37. The average Bonchev–Trinajstić information content (AvgIpc) is 2.70. The van der Waals surface area contributed by atoms with Crippen LogP contribution in [0.4, 0.5) is 17.3 Å². The molecule has 0 spiro atoms. The lowest BCUT2D eigenvalue weighted by atomic mass is 10.1. The number of rotatable bonds is 7. The van der Waals surface area contributed by atoms with E-state index in [0.717, 1.165) is 28.9 Å². The number of hydrogen-bond acceptors (Lipinski definition) is 5. The Morgan fingerprint density at radius 2 is 1.83 bits per heavy atom. The van der Waals surface area contributed by atoms with Gasteiger partial charge in [-0.25, -0.2) is 9.97 Å². The first-order valence-electron chi connectivity index (χ1n) is 9.76. The molecule has 1 heterocycles. The minimum absolute atomic E-state index is 0.263. The van der Waals surface area contributed by atoms with E-state index in [0.29, 0.717) is 29.7 Å². The van der Waals surface area contributed by atoms with Crippen molar-refractivity contribution in [2.75, 3.05) is 17.2 Å². The largest absolute Gasteiger partial charge is 0.492 e. The smallest absolute Gasteiger partial charge is 0.274 e. The van der Waals surface area contributed by atoms with Gasteiger partial charge in [0.05, 0.1) is 12.3 Å². The van der Waals surface area contributed by atoms with E-state index in [2.05, 4.69) is 27.5 Å². The summed E-state index contributed by atoms with van der Waals surface area (Å²) >= 11 is 0. The fourth-order valence-corrected chi connectivity index (χ4v) is 3.09. The molecule has 1 amide bonds. The minimum Gasteiger partial charge on any atom is -0.492 e. The number of benzene rings is 2. The summed E-state index contributed by atoms with van der Waals surface area (Å²) < 4.78 is 5.64. The molecule has 0 unspecified atom stereocenters. The molecule has 2 aromatic carbocycles. The standard InChI is InChI=1S/C23H26N4O2/c1-5-17-11-9-10-15(3)21(17)27-22(28)19-14-16(4)24-23(26-19)25-18-12-7-8-13-20(18)29-6-2/h7-14H,5-6H2,1-4H3,(H,27,28)(H,24,25,26). The monoisotopic (exact) mass is 390 g/mol. The van der Waals surface area contributed by atoms with Gasteiger partial charge >= 0.3 is 0 Å². The summed E-state index contributed by atoms with van der Waals surface area (Å²) in [5, 5.41) is 6.18. The Morgan fingerprint density at radius 1 is 1.03 bits per heavy atom. The van der Waals surface area contributed by atoms with Gasteiger partial charge < -0.3 is 15.4 Å². The van der Waals surface area contributed by atoms with E-state index >= 15 is 0 Å². The molecule has 0 atom stereocenters. The Labute approximate surface area is 171 Å². The van der Waals surface area contributed by atoms with E-state index in [-0.39, 0.29) is 5.91 Å². The number of carbonyl (C=O) groups is 1. The van der Waals surface area contributed by atoms with Gasteiger partial charge in [-0.1, -0.05) is 37.3 Å². The Bertz CT molecular complexity index is 1020. The summed E-state index contributed by atoms with van der Waals surface area (Å²) in [7, 11) is 0. The molecule has 0 aliphatic rings. The number of nitrogens with one attached hydrogen (secondary N) is 2. The van der Waals surface area contributed by atoms with E-state index in [4.69, 9.17) is 4.74 Å². The first-order chi connectivity index (χ1) is 14.0. The summed E-state index contributed by atoms with van der Waals surface area (Å²) in [6.07, 6.45) is 0.834. The van der Waals surface area contributed by atoms with Gasteiger partial charge in [0.25, 0.3) is 5.91 Å². The Morgan fingerprint density at radius 3 is 2.59 bits per heavy atom. The molecule has 0 radical (unpaired) electrons. The van der Waals surface area contributed by atoms with E-state index in [9.17, 15) is 4.79 Å². The van der Waals surface area contributed by atoms with E-state index in [1.165, 1.54) is 0 Å². The maximum Gasteiger partial charge on any atom is 0.274 e. The third-order valence-corrected chi connectivity index (χ3v) is 4.50. The van der Waals surface area contributed by atoms with Crippen LogP contribution in [0.1, 0.15) is 41.2 Å². The predicted molar refractivity (Wildman–Crippen MR) is 116 cm³/mol. The van der Waals surface area contributed by atoms with Crippen LogP contribution >= 0.6 is 0 Å². The lowest BCUT2D eigenvalue weighted by Gasteiger charge is -2.14. The SMILES string of the molecule is CCOc1ccccc1Nc1nc(C)cc(C(=O)Nc2c(C)cccc2CC)n1. The van der Waals surface area contributed by atoms with Crippen LogP contribution in [0.25, 0.3) is 0 Å². The van der Waals surface area contributed by atoms with Crippen molar-refractivity contribution in [1.29, 1.82) is 0 Å². The zero-order valence-corrected chi connectivity index (χ0v) is 17.2. The number of anilines is 3. The molecule has 0 saturated heterocycles. The molecule has 0 aliphatic carbocycles. The zero-order valence-electron chi connectivity index (χ0n) is 17.2. The molecular weight excluding hydrogens is 364 g/mol. The van der Waals surface area contributed by atoms with Gasteiger partial charge in [-0.2, -0.15) is 0 Å². The van der Waals surface area contributed by atoms with Crippen LogP contribution in [0, 0.1) is 13.8 Å². The topological polar surface area (TPSA) is 76.1 Å². The molecule has 150 valence electrons. The van der Waals surface area contributed by atoms with Gasteiger partial charge in [0.2, 0.25) is 5.95 Å². The number of nitrogens with zero attached hydrogens (tertiary/aromatic N) is 2. The number of ether oxygens (including phenoxy) is 1. The van der Waals surface area contributed by atoms with Crippen molar-refractivity contribution in [2.24, 2.45) is 0 Å². The van der Waals surface area contributed by atoms with Crippen molar-refractivity contribution >= 4 is 23.2 Å². The number of carbonyl (C=O) groups excluding carboxylic acids is 1. The third-order valence-electron chi connectivity index (χ3n) is 4.50. The molecule has 3 aromatic rings. The van der Waals surface area contributed by atoms with Crippen LogP contribution in [-0.2, 0) is 6.42 Å². The van der Waals surface area contributed by atoms with E-state index in [1.54, 1.807) is 6.07 Å². The quantitative estimate of drug-likeness (QED) is 0.590. The molecule has 0 fully saturated rings. The van der Waals surface area contributed by atoms with Gasteiger partial charge in [-0.05, 0) is 56.5 Å². The molecule has 1 aromatic heterocycles. The average molecular weight is 390 g/mol. The fraction of sp³-hybridized carbons (Fsp3) is 0.261. The Kier molecular flexibility index (Phi) is 6.44. The van der Waals surface area contributed by atoms with Crippen molar-refractivity contribution in [3.8, 4) is 5.75 Å². The van der Waals surface area contributed by atoms with Crippen molar-refractivity contribution < 1.29 is 9.53 Å². The molecule has 3 rings (SSSR count). The second kappa shape index (κ2) is 9.19. The highest BCUT2D eigenvalue weighted by atomic mass is 16.5. The van der Waals surface area contributed by atoms with Crippen LogP contribution in [0.2, 0.25) is 0 Å². The van der Waals surface area contributed by atoms with Gasteiger partial charge in [-0.3, -0.25) is 4.79 Å². The van der Waals surface area contributed by atoms with Gasteiger partial charge in [-0.15, -0.1) is 0 Å². The third kappa shape index (κ3) is 4.90. The Hall–Kier alpha value is -3.41. The number of aryl methyl sites for hydroxylation is 3. The van der Waals surface area contributed by atoms with E-state index in [1.807, 2.05) is 63.2 Å². The maximum atomic E-state index is 12.9. The highest BCUT2D eigenvalue weighted by Crippen LogP contribution is 2.26. The maximum absolute atomic E-state index is 12.9. The van der Waals surface area contributed by atoms with Crippen molar-refractivity contribution in [3.05, 3.63) is 71.0 Å². The molecule has 6 heteroatoms. The number of amides is 1. The highest BCUT2D eigenvalue weighted by molar-refractivity contribution is 6.04. The summed E-state index contributed by atoms with van der Waals surface area (Å²) in [4.78, 5) is 21.7. The molecule has 2 N–H and O–H groups in total. The minimum atomic E-state index is -0.263. The van der Waals surface area contributed by atoms with Crippen LogP contribution in [0.3, 0.4) is 0 Å². The lowest BCUT2D eigenvalue weighted by Crippen LogP contribution is -2.17. The number of para-hydroxylation sites is 3. The summed E-state index contributed by atoms with van der Waals surface area (Å²) in [5.74, 6) is 0.794. The number of aromatic nitrogens is 2. The second-order valence-electron chi connectivity index (χ2n) is 6.69. The Balaban J connectivity index is 1.87. The number of hydrogen-bond donors (Lipinski definition) is 2. The lowest BCUT2D eigenvalue weighted by molar-refractivity contribution is 0.102. The molecule has 0 saturated carbocycles. The van der Waals surface area contributed by atoms with Crippen molar-refractivity contribution in [2.45, 2.75) is 34.1 Å². The highest BCUT2D eigenvalue weighted by Gasteiger charge is 2.15. The zero-order chi connectivity index (χ0) is 20.8. The molecule has 0 bridgehead atoms. The normalized spacial score (nSPS) is 10.5. The molecule has 0 aliphatic heterocycles. The second-order valence-corrected chi connectivity index (χ2v) is 6.69. The molecular formula is C23H26N4O2. The predicted octanol–water partition coefficient (Wildman–Crippen LogP) is 5.05. The first kappa shape index (κ1) is 20.3.